The monoisotopic (exact) mass is 307 g/mol. The Bertz CT molecular complexity index is 845. The average Bonchev–Trinajstić information content (AvgIpc) is 3.05. The molecule has 0 bridgehead atoms. The summed E-state index contributed by atoms with van der Waals surface area (Å²) in [4.78, 5) is 0. The summed E-state index contributed by atoms with van der Waals surface area (Å²) in [5.74, 6) is 2.27. The number of benzene rings is 2. The zero-order chi connectivity index (χ0) is 15.8. The van der Waals surface area contributed by atoms with E-state index in [1.165, 1.54) is 11.1 Å². The van der Waals surface area contributed by atoms with Crippen LogP contribution in [0.4, 0.5) is 0 Å². The van der Waals surface area contributed by atoms with Crippen molar-refractivity contribution in [2.45, 2.75) is 12.8 Å². The summed E-state index contributed by atoms with van der Waals surface area (Å²) in [6, 6.07) is 14.1. The van der Waals surface area contributed by atoms with Crippen LogP contribution in [0.1, 0.15) is 11.1 Å². The second-order valence-corrected chi connectivity index (χ2v) is 5.60. The van der Waals surface area contributed by atoms with Crippen molar-refractivity contribution in [2.75, 3.05) is 14.2 Å². The third kappa shape index (κ3) is 2.27. The summed E-state index contributed by atoms with van der Waals surface area (Å²) in [5.41, 5.74) is 5.51. The molecule has 0 saturated heterocycles. The Hall–Kier alpha value is -2.75. The normalized spacial score (nSPS) is 12.4. The molecule has 23 heavy (non-hydrogen) atoms. The number of rotatable bonds is 3. The highest BCUT2D eigenvalue weighted by Gasteiger charge is 2.25. The summed E-state index contributed by atoms with van der Waals surface area (Å²) in [5, 5.41) is 4.33. The highest BCUT2D eigenvalue weighted by molar-refractivity contribution is 5.77. The van der Waals surface area contributed by atoms with Gasteiger partial charge in [0, 0.05) is 22.8 Å². The molecule has 0 unspecified atom stereocenters. The van der Waals surface area contributed by atoms with E-state index in [-0.39, 0.29) is 0 Å². The molecule has 2 aromatic carbocycles. The molecule has 0 spiro atoms. The van der Waals surface area contributed by atoms with E-state index in [0.29, 0.717) is 0 Å². The van der Waals surface area contributed by atoms with Crippen LogP contribution in [0.2, 0.25) is 0 Å². The van der Waals surface area contributed by atoms with E-state index >= 15 is 0 Å². The molecule has 0 fully saturated rings. The standard InChI is InChI=1S/C19H17NO3/c1-21-14-9-13(10-15(11-14)22-2)19-17-8-7-12-5-3-4-6-16(12)18(17)20-23-19/h3-6,9-11H,7-8H2,1-2H3. The number of aromatic nitrogens is 1. The summed E-state index contributed by atoms with van der Waals surface area (Å²) >= 11 is 0. The van der Waals surface area contributed by atoms with E-state index in [9.17, 15) is 0 Å². The molecule has 0 aliphatic heterocycles. The van der Waals surface area contributed by atoms with Gasteiger partial charge >= 0.3 is 0 Å². The molecule has 1 heterocycles. The lowest BCUT2D eigenvalue weighted by Crippen LogP contribution is -2.03. The van der Waals surface area contributed by atoms with Crippen molar-refractivity contribution in [2.24, 2.45) is 0 Å². The van der Waals surface area contributed by atoms with Crippen molar-refractivity contribution >= 4 is 0 Å². The fourth-order valence-electron chi connectivity index (χ4n) is 3.15. The van der Waals surface area contributed by atoms with E-state index in [4.69, 9.17) is 14.0 Å². The molecule has 0 saturated carbocycles. The zero-order valence-electron chi connectivity index (χ0n) is 13.1. The third-order valence-electron chi connectivity index (χ3n) is 4.32. The van der Waals surface area contributed by atoms with Crippen LogP contribution < -0.4 is 9.47 Å². The molecule has 1 aliphatic rings. The number of aryl methyl sites for hydroxylation is 1. The number of methoxy groups -OCH3 is 2. The Morgan fingerprint density at radius 1 is 0.957 bits per heavy atom. The lowest BCUT2D eigenvalue weighted by atomic mass is 9.88. The van der Waals surface area contributed by atoms with Crippen LogP contribution in [0.5, 0.6) is 11.5 Å². The third-order valence-corrected chi connectivity index (χ3v) is 4.32. The molecule has 4 heteroatoms. The largest absolute Gasteiger partial charge is 0.497 e. The van der Waals surface area contributed by atoms with Crippen LogP contribution in [-0.4, -0.2) is 19.4 Å². The van der Waals surface area contributed by atoms with Gasteiger partial charge < -0.3 is 14.0 Å². The first-order chi connectivity index (χ1) is 11.3. The molecule has 4 nitrogen and oxygen atoms in total. The topological polar surface area (TPSA) is 44.5 Å². The van der Waals surface area contributed by atoms with Crippen molar-refractivity contribution in [3.63, 3.8) is 0 Å². The zero-order valence-corrected chi connectivity index (χ0v) is 13.1. The Labute approximate surface area is 134 Å². The minimum absolute atomic E-state index is 0.737. The van der Waals surface area contributed by atoms with E-state index in [0.717, 1.165) is 46.9 Å². The van der Waals surface area contributed by atoms with Crippen LogP contribution in [0.25, 0.3) is 22.6 Å². The average molecular weight is 307 g/mol. The maximum Gasteiger partial charge on any atom is 0.170 e. The molecule has 0 N–H and O–H groups in total. The van der Waals surface area contributed by atoms with Gasteiger partial charge in [-0.05, 0) is 30.5 Å². The van der Waals surface area contributed by atoms with E-state index in [1.807, 2.05) is 24.3 Å². The maximum atomic E-state index is 5.70. The van der Waals surface area contributed by atoms with Gasteiger partial charge in [-0.25, -0.2) is 0 Å². The maximum absolute atomic E-state index is 5.70. The number of fused-ring (bicyclic) bond motifs is 3. The van der Waals surface area contributed by atoms with Crippen LogP contribution in [0, 0.1) is 0 Å². The van der Waals surface area contributed by atoms with Gasteiger partial charge in [0.1, 0.15) is 17.2 Å². The second kappa shape index (κ2) is 5.47. The molecule has 0 atom stereocenters. The predicted octanol–water partition coefficient (Wildman–Crippen LogP) is 4.12. The van der Waals surface area contributed by atoms with Gasteiger partial charge in [0.25, 0.3) is 0 Å². The quantitative estimate of drug-likeness (QED) is 0.730. The number of hydrogen-bond donors (Lipinski definition) is 0. The number of ether oxygens (including phenoxy) is 2. The van der Waals surface area contributed by atoms with Gasteiger partial charge in [-0.15, -0.1) is 0 Å². The molecule has 116 valence electrons. The smallest absolute Gasteiger partial charge is 0.170 e. The fraction of sp³-hybridized carbons (Fsp3) is 0.211. The van der Waals surface area contributed by atoms with Gasteiger partial charge in [-0.1, -0.05) is 29.4 Å². The molecule has 1 aromatic heterocycles. The molecule has 3 aromatic rings. The van der Waals surface area contributed by atoms with Gasteiger partial charge in [0.05, 0.1) is 14.2 Å². The highest BCUT2D eigenvalue weighted by Crippen LogP contribution is 2.40. The minimum Gasteiger partial charge on any atom is -0.497 e. The predicted molar refractivity (Wildman–Crippen MR) is 87.9 cm³/mol. The summed E-state index contributed by atoms with van der Waals surface area (Å²) in [7, 11) is 3.29. The van der Waals surface area contributed by atoms with Gasteiger partial charge in [0.15, 0.2) is 5.76 Å². The number of hydrogen-bond acceptors (Lipinski definition) is 4. The first-order valence-electron chi connectivity index (χ1n) is 7.60. The van der Waals surface area contributed by atoms with E-state index < -0.39 is 0 Å². The summed E-state index contributed by atoms with van der Waals surface area (Å²) in [6.07, 6.45) is 1.92. The van der Waals surface area contributed by atoms with Crippen molar-refractivity contribution in [3.05, 3.63) is 53.6 Å². The van der Waals surface area contributed by atoms with Crippen molar-refractivity contribution in [1.82, 2.24) is 5.16 Å². The van der Waals surface area contributed by atoms with Crippen molar-refractivity contribution in [3.8, 4) is 34.1 Å². The molecule has 1 aliphatic carbocycles. The fourth-order valence-corrected chi connectivity index (χ4v) is 3.15. The SMILES string of the molecule is COc1cc(OC)cc(-c2onc3c2CCc2ccccc2-3)c1. The minimum atomic E-state index is 0.737. The van der Waals surface area contributed by atoms with Crippen LogP contribution in [0.15, 0.2) is 47.0 Å². The molecule has 4 rings (SSSR count). The summed E-state index contributed by atoms with van der Waals surface area (Å²) in [6.45, 7) is 0. The van der Waals surface area contributed by atoms with Crippen LogP contribution >= 0.6 is 0 Å². The Kier molecular flexibility index (Phi) is 3.30. The lowest BCUT2D eigenvalue weighted by Gasteiger charge is -2.15. The Morgan fingerprint density at radius 3 is 2.43 bits per heavy atom. The first kappa shape index (κ1) is 13.9. The Balaban J connectivity index is 1.86. The molecular formula is C19H17NO3. The lowest BCUT2D eigenvalue weighted by molar-refractivity contribution is 0.393. The highest BCUT2D eigenvalue weighted by atomic mass is 16.5. The van der Waals surface area contributed by atoms with Crippen molar-refractivity contribution in [1.29, 1.82) is 0 Å². The summed E-state index contributed by atoms with van der Waals surface area (Å²) < 4.78 is 16.4. The van der Waals surface area contributed by atoms with Gasteiger partial charge in [-0.2, -0.15) is 0 Å². The van der Waals surface area contributed by atoms with Gasteiger partial charge in [-0.3, -0.25) is 0 Å². The molecule has 0 radical (unpaired) electrons. The number of nitrogens with zero attached hydrogens (tertiary/aromatic N) is 1. The molecular weight excluding hydrogens is 290 g/mol. The van der Waals surface area contributed by atoms with Crippen LogP contribution in [-0.2, 0) is 12.8 Å². The van der Waals surface area contributed by atoms with Crippen LogP contribution in [0.3, 0.4) is 0 Å². The Morgan fingerprint density at radius 2 is 1.70 bits per heavy atom. The first-order valence-corrected chi connectivity index (χ1v) is 7.60. The van der Waals surface area contributed by atoms with Gasteiger partial charge in [0.2, 0.25) is 0 Å². The molecule has 0 amide bonds. The second-order valence-electron chi connectivity index (χ2n) is 5.60. The van der Waals surface area contributed by atoms with E-state index in [1.54, 1.807) is 14.2 Å². The van der Waals surface area contributed by atoms with Crippen molar-refractivity contribution < 1.29 is 14.0 Å². The van der Waals surface area contributed by atoms with E-state index in [2.05, 4.69) is 23.4 Å².